The quantitative estimate of drug-likeness (QED) is 0.704. The van der Waals surface area contributed by atoms with E-state index in [1.54, 1.807) is 38.1 Å². The Balaban J connectivity index is 1.95. The van der Waals surface area contributed by atoms with Gasteiger partial charge in [-0.15, -0.1) is 0 Å². The number of nitrogens with zero attached hydrogens (tertiary/aromatic N) is 1. The van der Waals surface area contributed by atoms with E-state index in [1.807, 2.05) is 0 Å². The molecular weight excluding hydrogens is 423 g/mol. The molecule has 2 aromatic carbocycles. The summed E-state index contributed by atoms with van der Waals surface area (Å²) in [7, 11) is -1.10. The van der Waals surface area contributed by atoms with E-state index in [4.69, 9.17) is 9.47 Å². The van der Waals surface area contributed by atoms with Crippen LogP contribution in [0.15, 0.2) is 41.3 Å². The third kappa shape index (κ3) is 4.23. The Morgan fingerprint density at radius 2 is 1.71 bits per heavy atom. The van der Waals surface area contributed by atoms with Gasteiger partial charge in [0.25, 0.3) is 15.9 Å². The average molecular weight is 449 g/mol. The number of hydrogen-bond donors (Lipinski definition) is 1. The number of hydrogen-bond acceptors (Lipinski definition) is 5. The summed E-state index contributed by atoms with van der Waals surface area (Å²) in [6.45, 7) is 3.65. The molecule has 0 radical (unpaired) electrons. The average Bonchev–Trinajstić information content (AvgIpc) is 2.74. The second kappa shape index (κ2) is 8.97. The predicted octanol–water partition coefficient (Wildman–Crippen LogP) is 3.10. The zero-order valence-electron chi connectivity index (χ0n) is 17.9. The summed E-state index contributed by atoms with van der Waals surface area (Å²) in [6, 6.07) is 9.20. The van der Waals surface area contributed by atoms with Gasteiger partial charge in [-0.05, 0) is 49.6 Å². The van der Waals surface area contributed by atoms with Crippen LogP contribution >= 0.6 is 0 Å². The minimum absolute atomic E-state index is 0.143. The molecule has 1 aliphatic heterocycles. The molecule has 2 aromatic rings. The highest BCUT2D eigenvalue weighted by molar-refractivity contribution is 7.97. The Hall–Kier alpha value is -3.07. The molecule has 0 saturated heterocycles. The van der Waals surface area contributed by atoms with Gasteiger partial charge in [0.2, 0.25) is 0 Å². The molecule has 0 bridgehead atoms. The summed E-state index contributed by atoms with van der Waals surface area (Å²) in [5, 5.41) is 2.68. The van der Waals surface area contributed by atoms with Crippen molar-refractivity contribution < 1.29 is 27.1 Å². The Morgan fingerprint density at radius 3 is 2.29 bits per heavy atom. The van der Waals surface area contributed by atoms with Crippen molar-refractivity contribution >= 4 is 27.2 Å². The van der Waals surface area contributed by atoms with Gasteiger partial charge in [-0.2, -0.15) is 0 Å². The largest absolute Gasteiger partial charge is 0.493 e. The lowest BCUT2D eigenvalue weighted by atomic mass is 10.0. The van der Waals surface area contributed by atoms with E-state index in [9.17, 15) is 17.6 Å². The monoisotopic (exact) mass is 448 g/mol. The summed E-state index contributed by atoms with van der Waals surface area (Å²) >= 11 is 0. The lowest BCUT2D eigenvalue weighted by Crippen LogP contribution is -2.41. The number of ether oxygens (including phenoxy) is 2. The first-order valence-electron chi connectivity index (χ1n) is 9.77. The Morgan fingerprint density at radius 1 is 1.10 bits per heavy atom. The number of anilines is 1. The third-order valence-corrected chi connectivity index (χ3v) is 7.21. The van der Waals surface area contributed by atoms with Gasteiger partial charge in [0, 0.05) is 24.7 Å². The molecule has 9 heteroatoms. The van der Waals surface area contributed by atoms with Crippen molar-refractivity contribution in [2.24, 2.45) is 0 Å². The van der Waals surface area contributed by atoms with Crippen LogP contribution in [0.1, 0.15) is 25.0 Å². The van der Waals surface area contributed by atoms with Gasteiger partial charge in [0.15, 0.2) is 16.4 Å². The minimum Gasteiger partial charge on any atom is -0.493 e. The van der Waals surface area contributed by atoms with Crippen molar-refractivity contribution in [3.05, 3.63) is 58.2 Å². The molecule has 1 heterocycles. The van der Waals surface area contributed by atoms with E-state index in [0.717, 1.165) is 5.56 Å². The number of fused-ring (bicyclic) bond motifs is 1. The molecule has 31 heavy (non-hydrogen) atoms. The molecular formula is C22H25FN2O5S. The fraction of sp³-hybridized carbons (Fsp3) is 0.318. The standard InChI is InChI=1S/C22H25FN2O5S/c1-5-25-18-13-20(30-4)19(29-3)12-17(18)14(2)21(31(25,27)28)22(26)24-11-10-15-6-8-16(23)9-7-15/h6-9,12-13H,5,10-11H2,1-4H3,(H,24,26). The number of benzene rings is 2. The van der Waals surface area contributed by atoms with Crippen molar-refractivity contribution in [2.75, 3.05) is 31.6 Å². The van der Waals surface area contributed by atoms with Gasteiger partial charge >= 0.3 is 0 Å². The maximum Gasteiger partial charge on any atom is 0.270 e. The molecule has 7 nitrogen and oxygen atoms in total. The molecule has 0 atom stereocenters. The Kier molecular flexibility index (Phi) is 6.54. The minimum atomic E-state index is -4.07. The molecule has 3 rings (SSSR count). The molecule has 1 aliphatic rings. The highest BCUT2D eigenvalue weighted by Gasteiger charge is 2.39. The van der Waals surface area contributed by atoms with Gasteiger partial charge in [-0.3, -0.25) is 9.10 Å². The fourth-order valence-electron chi connectivity index (χ4n) is 3.61. The normalized spacial score (nSPS) is 14.8. The van der Waals surface area contributed by atoms with Gasteiger partial charge < -0.3 is 14.8 Å². The first-order valence-corrected chi connectivity index (χ1v) is 11.2. The van der Waals surface area contributed by atoms with Gasteiger partial charge in [-0.1, -0.05) is 12.1 Å². The number of amides is 1. The van der Waals surface area contributed by atoms with Crippen LogP contribution in [0.2, 0.25) is 0 Å². The molecule has 1 amide bonds. The first-order chi connectivity index (χ1) is 14.7. The maximum absolute atomic E-state index is 13.3. The molecule has 0 aliphatic carbocycles. The van der Waals surface area contributed by atoms with Crippen molar-refractivity contribution in [2.45, 2.75) is 20.3 Å². The number of carbonyl (C=O) groups excluding carboxylic acids is 1. The summed E-state index contributed by atoms with van der Waals surface area (Å²) in [4.78, 5) is 12.6. The van der Waals surface area contributed by atoms with Crippen LogP contribution in [-0.2, 0) is 21.2 Å². The number of sulfonamides is 1. The molecule has 0 fully saturated rings. The van der Waals surface area contributed by atoms with E-state index in [1.165, 1.54) is 30.7 Å². The summed E-state index contributed by atoms with van der Waals surface area (Å²) in [5.74, 6) is -0.187. The molecule has 0 unspecified atom stereocenters. The van der Waals surface area contributed by atoms with Gasteiger partial charge in [-0.25, -0.2) is 12.8 Å². The van der Waals surface area contributed by atoms with Crippen LogP contribution in [-0.4, -0.2) is 41.6 Å². The van der Waals surface area contributed by atoms with E-state index >= 15 is 0 Å². The molecule has 0 spiro atoms. The number of carbonyl (C=O) groups is 1. The number of allylic oxidation sites excluding steroid dienone is 1. The topological polar surface area (TPSA) is 84.9 Å². The summed E-state index contributed by atoms with van der Waals surface area (Å²) in [5.41, 5.74) is 2.18. The van der Waals surface area contributed by atoms with Gasteiger partial charge in [0.1, 0.15) is 5.82 Å². The van der Waals surface area contributed by atoms with Gasteiger partial charge in [0.05, 0.1) is 19.9 Å². The zero-order chi connectivity index (χ0) is 22.8. The maximum atomic E-state index is 13.3. The Labute approximate surface area is 181 Å². The van der Waals surface area contributed by atoms with Crippen LogP contribution in [0.4, 0.5) is 10.1 Å². The first kappa shape index (κ1) is 22.6. The van der Waals surface area contributed by atoms with Crippen LogP contribution in [0.3, 0.4) is 0 Å². The predicted molar refractivity (Wildman–Crippen MR) is 117 cm³/mol. The molecule has 1 N–H and O–H groups in total. The lowest BCUT2D eigenvalue weighted by Gasteiger charge is -2.32. The van der Waals surface area contributed by atoms with E-state index in [2.05, 4.69) is 5.32 Å². The summed E-state index contributed by atoms with van der Waals surface area (Å²) in [6.07, 6.45) is 0.442. The fourth-order valence-corrected chi connectivity index (χ4v) is 5.38. The number of halogens is 1. The van der Waals surface area contributed by atoms with Crippen molar-refractivity contribution in [1.29, 1.82) is 0 Å². The smallest absolute Gasteiger partial charge is 0.270 e. The SMILES string of the molecule is CCN1c2cc(OC)c(OC)cc2C(C)=C(C(=O)NCCc2ccc(F)cc2)S1(=O)=O. The molecule has 0 saturated carbocycles. The van der Waals surface area contributed by atoms with E-state index in [0.29, 0.717) is 34.7 Å². The van der Waals surface area contributed by atoms with Crippen molar-refractivity contribution in [3.8, 4) is 11.5 Å². The van der Waals surface area contributed by atoms with Crippen LogP contribution in [0.25, 0.3) is 5.57 Å². The highest BCUT2D eigenvalue weighted by atomic mass is 32.2. The van der Waals surface area contributed by atoms with Crippen LogP contribution in [0.5, 0.6) is 11.5 Å². The highest BCUT2D eigenvalue weighted by Crippen LogP contribution is 2.44. The number of rotatable bonds is 7. The molecule has 0 aromatic heterocycles. The number of nitrogens with one attached hydrogen (secondary N) is 1. The summed E-state index contributed by atoms with van der Waals surface area (Å²) < 4.78 is 51.4. The van der Waals surface area contributed by atoms with Crippen molar-refractivity contribution in [1.82, 2.24) is 5.32 Å². The van der Waals surface area contributed by atoms with Crippen LogP contribution in [0, 0.1) is 5.82 Å². The van der Waals surface area contributed by atoms with E-state index < -0.39 is 15.9 Å². The Bertz CT molecular complexity index is 1130. The number of methoxy groups -OCH3 is 2. The second-order valence-electron chi connectivity index (χ2n) is 6.98. The third-order valence-electron chi connectivity index (χ3n) is 5.17. The van der Waals surface area contributed by atoms with Crippen molar-refractivity contribution in [3.63, 3.8) is 0 Å². The lowest BCUT2D eigenvalue weighted by molar-refractivity contribution is -0.116. The molecule has 166 valence electrons. The zero-order valence-corrected chi connectivity index (χ0v) is 18.7. The van der Waals surface area contributed by atoms with E-state index in [-0.39, 0.29) is 23.8 Å². The van der Waals surface area contributed by atoms with Crippen LogP contribution < -0.4 is 19.1 Å². The second-order valence-corrected chi connectivity index (χ2v) is 8.78.